The summed E-state index contributed by atoms with van der Waals surface area (Å²) in [6.45, 7) is 4.07. The fourth-order valence-corrected chi connectivity index (χ4v) is 3.27. The Labute approximate surface area is 127 Å². The van der Waals surface area contributed by atoms with E-state index >= 15 is 0 Å². The summed E-state index contributed by atoms with van der Waals surface area (Å²) in [5, 5.41) is 3.21. The van der Waals surface area contributed by atoms with E-state index in [1.54, 1.807) is 11.0 Å². The van der Waals surface area contributed by atoms with Crippen LogP contribution < -0.4 is 5.32 Å². The maximum atomic E-state index is 13.1. The third kappa shape index (κ3) is 2.84. The van der Waals surface area contributed by atoms with Gasteiger partial charge in [-0.25, -0.2) is 0 Å². The smallest absolute Gasteiger partial charge is 0.337 e. The highest BCUT2D eigenvalue weighted by Crippen LogP contribution is 2.51. The normalized spacial score (nSPS) is 28.5. The fourth-order valence-electron chi connectivity index (χ4n) is 3.27. The number of nitrogens with zero attached hydrogens (tertiary/aromatic N) is 1. The summed E-state index contributed by atoms with van der Waals surface area (Å²) in [6, 6.07) is 5.70. The molecule has 1 N–H and O–H groups in total. The number of carbonyl (C=O) groups is 1. The van der Waals surface area contributed by atoms with Gasteiger partial charge in [-0.1, -0.05) is 18.2 Å². The molecule has 1 amide bonds. The lowest BCUT2D eigenvalue weighted by molar-refractivity contribution is -0.139. The second-order valence-corrected chi connectivity index (χ2v) is 6.12. The molecule has 22 heavy (non-hydrogen) atoms. The number of nitrogens with one attached hydrogen (secondary N) is 1. The number of amides is 1. The van der Waals surface area contributed by atoms with Crippen molar-refractivity contribution in [1.29, 1.82) is 0 Å². The zero-order valence-electron chi connectivity index (χ0n) is 12.4. The molecule has 3 nitrogen and oxygen atoms in total. The van der Waals surface area contributed by atoms with Crippen LogP contribution in [-0.2, 0) is 11.0 Å². The first-order chi connectivity index (χ1) is 10.4. The van der Waals surface area contributed by atoms with Crippen LogP contribution in [0.3, 0.4) is 0 Å². The van der Waals surface area contributed by atoms with Crippen LogP contribution >= 0.6 is 0 Å². The summed E-state index contributed by atoms with van der Waals surface area (Å²) < 4.78 is 39.2. The van der Waals surface area contributed by atoms with Gasteiger partial charge in [0.2, 0.25) is 5.91 Å². The average molecular weight is 312 g/mol. The van der Waals surface area contributed by atoms with E-state index in [0.29, 0.717) is 13.0 Å². The molecule has 2 aliphatic rings. The van der Waals surface area contributed by atoms with Gasteiger partial charge in [0, 0.05) is 31.6 Å². The van der Waals surface area contributed by atoms with Crippen molar-refractivity contribution in [3.63, 3.8) is 0 Å². The van der Waals surface area contributed by atoms with E-state index in [1.807, 2.05) is 6.92 Å². The topological polar surface area (TPSA) is 32.3 Å². The van der Waals surface area contributed by atoms with Crippen molar-refractivity contribution in [3.05, 3.63) is 35.4 Å². The third-order valence-corrected chi connectivity index (χ3v) is 4.56. The number of hydrogen-bond donors (Lipinski definition) is 1. The Morgan fingerprint density at radius 3 is 2.73 bits per heavy atom. The molecule has 1 aliphatic heterocycles. The second kappa shape index (κ2) is 5.57. The average Bonchev–Trinajstić information content (AvgIpc) is 3.26. The van der Waals surface area contributed by atoms with E-state index < -0.39 is 11.7 Å². The largest absolute Gasteiger partial charge is 0.416 e. The molecule has 0 spiro atoms. The van der Waals surface area contributed by atoms with Crippen LogP contribution in [0.4, 0.5) is 13.2 Å². The molecule has 1 aliphatic carbocycles. The molecule has 1 aromatic rings. The zero-order chi connectivity index (χ0) is 15.9. The van der Waals surface area contributed by atoms with Gasteiger partial charge in [0.05, 0.1) is 5.56 Å². The first-order valence-corrected chi connectivity index (χ1v) is 7.57. The molecule has 0 aromatic heterocycles. The first kappa shape index (κ1) is 15.3. The molecule has 3 rings (SSSR count). The Hall–Kier alpha value is -1.56. The van der Waals surface area contributed by atoms with Crippen molar-refractivity contribution in [2.75, 3.05) is 19.6 Å². The minimum atomic E-state index is -4.37. The number of piperazine rings is 1. The molecule has 0 unspecified atom stereocenters. The number of halogens is 3. The molecular formula is C16H19F3N2O. The summed E-state index contributed by atoms with van der Waals surface area (Å²) in [5.41, 5.74) is -0.347. The van der Waals surface area contributed by atoms with Gasteiger partial charge in [0.15, 0.2) is 0 Å². The van der Waals surface area contributed by atoms with Crippen molar-refractivity contribution < 1.29 is 18.0 Å². The Balaban J connectivity index is 1.76. The highest BCUT2D eigenvalue weighted by molar-refractivity contribution is 5.83. The summed E-state index contributed by atoms with van der Waals surface area (Å²) >= 11 is 0. The predicted molar refractivity (Wildman–Crippen MR) is 76.3 cm³/mol. The standard InChI is InChI=1S/C16H19F3N2O/c1-10-9-20-6-7-21(10)15(22)13-8-12(13)11-4-2-3-5-14(11)16(17,18)19/h2-5,10,12-13,20H,6-9H2,1H3/t10-,12-,13-/m1/s1. The monoisotopic (exact) mass is 312 g/mol. The quantitative estimate of drug-likeness (QED) is 0.910. The molecule has 0 bridgehead atoms. The van der Waals surface area contributed by atoms with Gasteiger partial charge in [-0.3, -0.25) is 4.79 Å². The molecule has 0 radical (unpaired) electrons. The number of hydrogen-bond acceptors (Lipinski definition) is 2. The van der Waals surface area contributed by atoms with Gasteiger partial charge in [-0.15, -0.1) is 0 Å². The molecule has 3 atom stereocenters. The highest BCUT2D eigenvalue weighted by Gasteiger charge is 2.49. The number of rotatable bonds is 2. The van der Waals surface area contributed by atoms with Crippen LogP contribution in [0.25, 0.3) is 0 Å². The van der Waals surface area contributed by atoms with Crippen molar-refractivity contribution in [3.8, 4) is 0 Å². The molecule has 2 fully saturated rings. The minimum absolute atomic E-state index is 0.00372. The van der Waals surface area contributed by atoms with Crippen LogP contribution in [0.2, 0.25) is 0 Å². The molecule has 6 heteroatoms. The molecule has 1 saturated carbocycles. The van der Waals surface area contributed by atoms with E-state index in [-0.39, 0.29) is 29.3 Å². The van der Waals surface area contributed by atoms with Gasteiger partial charge >= 0.3 is 6.18 Å². The fraction of sp³-hybridized carbons (Fsp3) is 0.562. The zero-order valence-corrected chi connectivity index (χ0v) is 12.4. The van der Waals surface area contributed by atoms with Gasteiger partial charge in [-0.2, -0.15) is 13.2 Å². The minimum Gasteiger partial charge on any atom is -0.337 e. The maximum Gasteiger partial charge on any atom is 0.416 e. The molecular weight excluding hydrogens is 293 g/mol. The van der Waals surface area contributed by atoms with Gasteiger partial charge in [0.1, 0.15) is 0 Å². The first-order valence-electron chi connectivity index (χ1n) is 7.57. The van der Waals surface area contributed by atoms with E-state index in [9.17, 15) is 18.0 Å². The number of alkyl halides is 3. The van der Waals surface area contributed by atoms with Crippen LogP contribution in [0, 0.1) is 5.92 Å². The molecule has 1 heterocycles. The lowest BCUT2D eigenvalue weighted by atomic mass is 10.0. The number of carbonyl (C=O) groups excluding carboxylic acids is 1. The Morgan fingerprint density at radius 1 is 1.32 bits per heavy atom. The van der Waals surface area contributed by atoms with E-state index in [1.165, 1.54) is 12.1 Å². The van der Waals surface area contributed by atoms with Crippen molar-refractivity contribution in [2.45, 2.75) is 31.5 Å². The van der Waals surface area contributed by atoms with Crippen LogP contribution in [0.15, 0.2) is 24.3 Å². The molecule has 1 aromatic carbocycles. The van der Waals surface area contributed by atoms with E-state index in [2.05, 4.69) is 5.32 Å². The lowest BCUT2D eigenvalue weighted by Gasteiger charge is -2.34. The summed E-state index contributed by atoms with van der Waals surface area (Å²) in [7, 11) is 0. The number of benzene rings is 1. The van der Waals surface area contributed by atoms with Crippen LogP contribution in [0.5, 0.6) is 0 Å². The molecule has 120 valence electrons. The second-order valence-electron chi connectivity index (χ2n) is 6.12. The summed E-state index contributed by atoms with van der Waals surface area (Å²) in [5.74, 6) is -0.604. The summed E-state index contributed by atoms with van der Waals surface area (Å²) in [4.78, 5) is 14.3. The Bertz CT molecular complexity index is 573. The maximum absolute atomic E-state index is 13.1. The van der Waals surface area contributed by atoms with Crippen molar-refractivity contribution in [2.24, 2.45) is 5.92 Å². The molecule has 1 saturated heterocycles. The SMILES string of the molecule is C[C@@H]1CNCCN1C(=O)[C@@H]1C[C@@H]1c1ccccc1C(F)(F)F. The van der Waals surface area contributed by atoms with Crippen molar-refractivity contribution >= 4 is 5.91 Å². The Morgan fingerprint density at radius 2 is 2.05 bits per heavy atom. The predicted octanol–water partition coefficient (Wildman–Crippen LogP) is 2.63. The Kier molecular flexibility index (Phi) is 3.89. The third-order valence-electron chi connectivity index (χ3n) is 4.56. The van der Waals surface area contributed by atoms with Gasteiger partial charge in [0.25, 0.3) is 0 Å². The highest BCUT2D eigenvalue weighted by atomic mass is 19.4. The van der Waals surface area contributed by atoms with Crippen LogP contribution in [-0.4, -0.2) is 36.5 Å². The summed E-state index contributed by atoms with van der Waals surface area (Å²) in [6.07, 6.45) is -3.85. The van der Waals surface area contributed by atoms with E-state index in [0.717, 1.165) is 19.2 Å². The van der Waals surface area contributed by atoms with E-state index in [4.69, 9.17) is 0 Å². The lowest BCUT2D eigenvalue weighted by Crippen LogP contribution is -2.52. The van der Waals surface area contributed by atoms with Crippen molar-refractivity contribution in [1.82, 2.24) is 10.2 Å². The van der Waals surface area contributed by atoms with Gasteiger partial charge < -0.3 is 10.2 Å². The van der Waals surface area contributed by atoms with Crippen LogP contribution in [0.1, 0.15) is 30.4 Å². The van der Waals surface area contributed by atoms with Gasteiger partial charge in [-0.05, 0) is 30.9 Å².